The lowest BCUT2D eigenvalue weighted by Gasteiger charge is -2.49. The number of benzene rings is 1. The summed E-state index contributed by atoms with van der Waals surface area (Å²) in [7, 11) is 3.32. The second kappa shape index (κ2) is 12.6. The molecule has 7 atom stereocenters. The first-order valence-corrected chi connectivity index (χ1v) is 14.8. The van der Waals surface area contributed by atoms with Crippen molar-refractivity contribution < 1.29 is 48.1 Å². The number of hydrogen-bond donors (Lipinski definition) is 2. The number of ether oxygens (including phenoxy) is 4. The van der Waals surface area contributed by atoms with E-state index in [0.29, 0.717) is 0 Å². The summed E-state index contributed by atoms with van der Waals surface area (Å²) in [6.45, 7) is 4.94. The maximum atomic E-state index is 14.3. The number of likely N-dealkylation sites (N-methyl/N-ethyl adjacent to an activating group) is 1. The molecular formula is C31H41N3O10. The van der Waals surface area contributed by atoms with Crippen molar-refractivity contribution in [3.8, 4) is 0 Å². The maximum absolute atomic E-state index is 14.3. The molecule has 0 radical (unpaired) electrons. The average molecular weight is 616 g/mol. The summed E-state index contributed by atoms with van der Waals surface area (Å²) in [5.41, 5.74) is -0.586. The highest BCUT2D eigenvalue weighted by atomic mass is 16.8. The molecule has 7 unspecified atom stereocenters. The highest BCUT2D eigenvalue weighted by Gasteiger charge is 2.74. The molecule has 0 spiro atoms. The van der Waals surface area contributed by atoms with Crippen molar-refractivity contribution in [2.45, 2.75) is 88.7 Å². The molecule has 5 rings (SSSR count). The molecule has 3 saturated heterocycles. The second-order valence-corrected chi connectivity index (χ2v) is 12.8. The second-order valence-electron chi connectivity index (χ2n) is 12.8. The van der Waals surface area contributed by atoms with E-state index in [2.05, 4.69) is 5.32 Å². The number of carbonyl (C=O) groups is 4. The number of carbonyl (C=O) groups excluding carboxylic acids is 4. The lowest BCUT2D eigenvalue weighted by molar-refractivity contribution is -0.201. The number of aliphatic hydroxyl groups is 1. The minimum Gasteiger partial charge on any atom is -0.460 e. The van der Waals surface area contributed by atoms with Crippen LogP contribution in [-0.4, -0.2) is 108 Å². The van der Waals surface area contributed by atoms with Crippen molar-refractivity contribution >= 4 is 29.8 Å². The van der Waals surface area contributed by atoms with Crippen LogP contribution < -0.4 is 5.32 Å². The van der Waals surface area contributed by atoms with Gasteiger partial charge in [0.25, 0.3) is 0 Å². The van der Waals surface area contributed by atoms with Gasteiger partial charge in [-0.3, -0.25) is 24.0 Å². The van der Waals surface area contributed by atoms with Gasteiger partial charge in [-0.25, -0.2) is 0 Å². The lowest BCUT2D eigenvalue weighted by atomic mass is 9.62. The molecule has 13 nitrogen and oxygen atoms in total. The number of amides is 2. The van der Waals surface area contributed by atoms with Crippen LogP contribution in [0.3, 0.4) is 0 Å². The minimum absolute atomic E-state index is 0.0157. The molecule has 2 amide bonds. The van der Waals surface area contributed by atoms with Gasteiger partial charge in [-0.1, -0.05) is 24.3 Å². The Hall–Kier alpha value is -3.36. The van der Waals surface area contributed by atoms with Gasteiger partial charge in [0, 0.05) is 33.0 Å². The molecule has 1 saturated carbocycles. The summed E-state index contributed by atoms with van der Waals surface area (Å²) in [4.78, 5) is 60.3. The first-order chi connectivity index (χ1) is 20.8. The molecule has 3 aliphatic heterocycles. The summed E-state index contributed by atoms with van der Waals surface area (Å²) < 4.78 is 22.8. The fourth-order valence-electron chi connectivity index (χ4n) is 6.37. The normalized spacial score (nSPS) is 30.0. The van der Waals surface area contributed by atoms with Crippen molar-refractivity contribution in [3.63, 3.8) is 0 Å². The SMILES string of the molecule is CN(C)C(=O)C=Cc1ccccc1CN1OC2C3OCOC3C3CC2(C(=O)NC(CO)CCC(=O)OC(C)(C)C)C1C(=O)O3. The van der Waals surface area contributed by atoms with Crippen molar-refractivity contribution in [1.29, 1.82) is 0 Å². The van der Waals surface area contributed by atoms with Crippen LogP contribution in [0.15, 0.2) is 30.3 Å². The van der Waals surface area contributed by atoms with Crippen LogP contribution in [0.4, 0.5) is 0 Å². The predicted octanol–water partition coefficient (Wildman–Crippen LogP) is 0.928. The zero-order chi connectivity index (χ0) is 31.8. The van der Waals surface area contributed by atoms with Crippen molar-refractivity contribution in [1.82, 2.24) is 15.3 Å². The Morgan fingerprint density at radius 1 is 1.20 bits per heavy atom. The summed E-state index contributed by atoms with van der Waals surface area (Å²) in [6.07, 6.45) is 0.518. The zero-order valence-electron chi connectivity index (χ0n) is 25.7. The third-order valence-electron chi connectivity index (χ3n) is 8.39. The van der Waals surface area contributed by atoms with Gasteiger partial charge in [0.05, 0.1) is 19.2 Å². The van der Waals surface area contributed by atoms with E-state index in [-0.39, 0.29) is 38.5 Å². The van der Waals surface area contributed by atoms with Crippen molar-refractivity contribution in [2.75, 3.05) is 27.5 Å². The predicted molar refractivity (Wildman–Crippen MR) is 154 cm³/mol. The molecule has 1 aromatic rings. The number of nitrogens with one attached hydrogen (secondary N) is 1. The molecule has 240 valence electrons. The molecule has 4 fully saturated rings. The Kier molecular flexibility index (Phi) is 9.15. The van der Waals surface area contributed by atoms with Crippen LogP contribution in [-0.2, 0) is 49.5 Å². The van der Waals surface area contributed by atoms with E-state index in [9.17, 15) is 24.3 Å². The summed E-state index contributed by atoms with van der Waals surface area (Å²) in [5.74, 6) is -1.76. The largest absolute Gasteiger partial charge is 0.460 e. The van der Waals surface area contributed by atoms with E-state index in [1.54, 1.807) is 40.9 Å². The molecule has 2 N–H and O–H groups in total. The van der Waals surface area contributed by atoms with E-state index in [4.69, 9.17) is 23.8 Å². The van der Waals surface area contributed by atoms with Gasteiger partial charge in [0.15, 0.2) is 6.04 Å². The van der Waals surface area contributed by atoms with E-state index < -0.39 is 72.0 Å². The van der Waals surface area contributed by atoms with Gasteiger partial charge < -0.3 is 34.3 Å². The molecule has 3 heterocycles. The fourth-order valence-corrected chi connectivity index (χ4v) is 6.37. The molecule has 1 aromatic carbocycles. The summed E-state index contributed by atoms with van der Waals surface area (Å²) >= 11 is 0. The molecule has 4 aliphatic rings. The van der Waals surface area contributed by atoms with Crippen LogP contribution in [0.2, 0.25) is 0 Å². The monoisotopic (exact) mass is 615 g/mol. The fraction of sp³-hybridized carbons (Fsp3) is 0.613. The van der Waals surface area contributed by atoms with Crippen LogP contribution in [0.25, 0.3) is 6.08 Å². The van der Waals surface area contributed by atoms with E-state index in [1.807, 2.05) is 24.3 Å². The van der Waals surface area contributed by atoms with Gasteiger partial charge in [0.2, 0.25) is 11.8 Å². The van der Waals surface area contributed by atoms with E-state index in [0.717, 1.165) is 11.1 Å². The Balaban J connectivity index is 1.42. The van der Waals surface area contributed by atoms with Gasteiger partial charge in [-0.15, -0.1) is 0 Å². The van der Waals surface area contributed by atoms with Gasteiger partial charge in [-0.2, -0.15) is 5.06 Å². The molecule has 13 heteroatoms. The first kappa shape index (κ1) is 32.0. The van der Waals surface area contributed by atoms with Crippen molar-refractivity contribution in [2.24, 2.45) is 5.41 Å². The van der Waals surface area contributed by atoms with Gasteiger partial charge in [0.1, 0.15) is 42.2 Å². The van der Waals surface area contributed by atoms with Crippen LogP contribution in [0.5, 0.6) is 0 Å². The smallest absolute Gasteiger partial charge is 0.327 e. The van der Waals surface area contributed by atoms with Crippen LogP contribution in [0.1, 0.15) is 51.2 Å². The van der Waals surface area contributed by atoms with Gasteiger partial charge >= 0.3 is 11.9 Å². The Bertz CT molecular complexity index is 1310. The van der Waals surface area contributed by atoms with E-state index in [1.165, 1.54) is 16.0 Å². The number of hydroxylamine groups is 2. The Labute approximate surface area is 256 Å². The number of nitrogens with zero attached hydrogens (tertiary/aromatic N) is 2. The minimum atomic E-state index is -1.42. The Morgan fingerprint density at radius 3 is 2.64 bits per heavy atom. The molecule has 44 heavy (non-hydrogen) atoms. The van der Waals surface area contributed by atoms with Crippen molar-refractivity contribution in [3.05, 3.63) is 41.5 Å². The first-order valence-electron chi connectivity index (χ1n) is 14.8. The number of aliphatic hydroxyl groups excluding tert-OH is 1. The zero-order valence-corrected chi connectivity index (χ0v) is 25.7. The van der Waals surface area contributed by atoms with Crippen LogP contribution in [0, 0.1) is 5.41 Å². The number of rotatable bonds is 10. The number of fused-ring (bicyclic) bond motifs is 4. The quantitative estimate of drug-likeness (QED) is 0.286. The lowest BCUT2D eigenvalue weighted by Crippen LogP contribution is -2.70. The number of esters is 2. The molecule has 1 aliphatic carbocycles. The molecule has 0 aromatic heterocycles. The van der Waals surface area contributed by atoms with Gasteiger partial charge in [-0.05, 0) is 44.4 Å². The highest BCUT2D eigenvalue weighted by Crippen LogP contribution is 2.55. The standard InChI is InChI=1S/C31H41N3O10/c1-30(2,3)43-23(37)13-11-20(16-35)32-29(39)31-14-21-24-25(41-17-40-24)27(31)44-34(26(31)28(38)42-21)15-19-9-7-6-8-18(19)10-12-22(36)33(4)5/h6-10,12,20-21,24-27,35H,11,13-17H2,1-5H3,(H,32,39). The Morgan fingerprint density at radius 2 is 1.93 bits per heavy atom. The highest BCUT2D eigenvalue weighted by molar-refractivity contribution is 5.94. The van der Waals surface area contributed by atoms with Crippen LogP contribution >= 0.6 is 0 Å². The summed E-state index contributed by atoms with van der Waals surface area (Å²) in [6, 6.07) is 5.47. The topological polar surface area (TPSA) is 153 Å². The maximum Gasteiger partial charge on any atom is 0.327 e. The third kappa shape index (κ3) is 6.24. The van der Waals surface area contributed by atoms with E-state index >= 15 is 0 Å². The average Bonchev–Trinajstić information content (AvgIpc) is 3.58. The number of hydrogen-bond acceptors (Lipinski definition) is 11. The molecular weight excluding hydrogens is 574 g/mol. The molecule has 2 bridgehead atoms. The summed E-state index contributed by atoms with van der Waals surface area (Å²) in [5, 5.41) is 14.5. The third-order valence-corrected chi connectivity index (χ3v) is 8.39.